The number of H-pyrrole nitrogens is 1. The van der Waals surface area contributed by atoms with E-state index >= 15 is 0 Å². The molecular formula is C17H19FN2OS. The van der Waals surface area contributed by atoms with Crippen LogP contribution < -0.4 is 0 Å². The van der Waals surface area contributed by atoms with Crippen molar-refractivity contribution < 1.29 is 9.18 Å². The van der Waals surface area contributed by atoms with Crippen LogP contribution in [0.4, 0.5) is 4.39 Å². The predicted octanol–water partition coefficient (Wildman–Crippen LogP) is 3.67. The molecule has 1 aliphatic heterocycles. The quantitative estimate of drug-likeness (QED) is 0.937. The van der Waals surface area contributed by atoms with E-state index in [-0.39, 0.29) is 17.0 Å². The van der Waals surface area contributed by atoms with Gasteiger partial charge in [0, 0.05) is 35.8 Å². The number of hydrogen-bond donors (Lipinski definition) is 1. The first-order valence-electron chi connectivity index (χ1n) is 7.38. The maximum Gasteiger partial charge on any atom is 0.235 e. The van der Waals surface area contributed by atoms with Gasteiger partial charge in [-0.2, -0.15) is 11.8 Å². The second-order valence-electron chi connectivity index (χ2n) is 5.53. The Labute approximate surface area is 133 Å². The summed E-state index contributed by atoms with van der Waals surface area (Å²) in [4.78, 5) is 17.2. The first-order chi connectivity index (χ1) is 10.6. The highest BCUT2D eigenvalue weighted by atomic mass is 32.2. The molecule has 0 aliphatic carbocycles. The van der Waals surface area contributed by atoms with Gasteiger partial charge in [-0.25, -0.2) is 4.39 Å². The minimum atomic E-state index is -0.235. The van der Waals surface area contributed by atoms with Gasteiger partial charge >= 0.3 is 0 Å². The summed E-state index contributed by atoms with van der Waals surface area (Å²) in [5, 5.41) is 1.04. The molecule has 22 heavy (non-hydrogen) atoms. The molecule has 1 aliphatic rings. The third-order valence-electron chi connectivity index (χ3n) is 4.21. The summed E-state index contributed by atoms with van der Waals surface area (Å²) >= 11 is 1.58. The topological polar surface area (TPSA) is 36.1 Å². The highest BCUT2D eigenvalue weighted by molar-refractivity contribution is 7.99. The fourth-order valence-corrected chi connectivity index (χ4v) is 3.19. The maximum atomic E-state index is 13.3. The molecule has 1 N–H and O–H groups in total. The molecule has 0 saturated carbocycles. The summed E-state index contributed by atoms with van der Waals surface area (Å²) < 4.78 is 13.3. The van der Waals surface area contributed by atoms with Gasteiger partial charge in [0.25, 0.3) is 0 Å². The number of aromatic nitrogens is 1. The Kier molecular flexibility index (Phi) is 4.25. The number of carbonyl (C=O) groups excluding carboxylic acids is 1. The van der Waals surface area contributed by atoms with Crippen LogP contribution >= 0.6 is 11.8 Å². The second-order valence-corrected chi connectivity index (χ2v) is 6.71. The first-order valence-corrected chi connectivity index (χ1v) is 8.66. The zero-order valence-corrected chi connectivity index (χ0v) is 13.5. The van der Waals surface area contributed by atoms with Crippen molar-refractivity contribution in [1.29, 1.82) is 0 Å². The van der Waals surface area contributed by atoms with Crippen molar-refractivity contribution >= 4 is 34.1 Å². The van der Waals surface area contributed by atoms with Gasteiger partial charge in [0.2, 0.25) is 5.91 Å². The van der Waals surface area contributed by atoms with Crippen LogP contribution in [0.3, 0.4) is 0 Å². The number of thioether (sulfide) groups is 1. The van der Waals surface area contributed by atoms with Crippen LogP contribution in [0, 0.1) is 5.82 Å². The Morgan fingerprint density at radius 3 is 2.95 bits per heavy atom. The number of carbonyl (C=O) groups is 1. The summed E-state index contributed by atoms with van der Waals surface area (Å²) in [7, 11) is 0. The van der Waals surface area contributed by atoms with Crippen LogP contribution in [-0.4, -0.2) is 40.4 Å². The molecule has 0 radical (unpaired) electrons. The van der Waals surface area contributed by atoms with Crippen LogP contribution in [0.2, 0.25) is 0 Å². The third-order valence-corrected chi connectivity index (χ3v) is 5.12. The standard InChI is InChI=1S/C17H19FN2OS/c1-11(22-2)17(21)20-7-5-12(6-8-20)15-10-19-16-9-13(18)3-4-14(15)16/h3-5,9-11,19H,6-8H2,1-2H3/t11-/m0/s1. The second kappa shape index (κ2) is 6.16. The number of rotatable bonds is 3. The molecule has 0 bridgehead atoms. The average molecular weight is 318 g/mol. The molecule has 116 valence electrons. The summed E-state index contributed by atoms with van der Waals surface area (Å²) in [6.07, 6.45) is 6.83. The molecule has 0 spiro atoms. The third kappa shape index (κ3) is 2.77. The van der Waals surface area contributed by atoms with Gasteiger partial charge in [0.15, 0.2) is 0 Å². The van der Waals surface area contributed by atoms with E-state index in [2.05, 4.69) is 11.1 Å². The van der Waals surface area contributed by atoms with Crippen LogP contribution in [0.25, 0.3) is 16.5 Å². The van der Waals surface area contributed by atoms with Crippen molar-refractivity contribution in [3.05, 3.63) is 41.9 Å². The first kappa shape index (κ1) is 15.2. The lowest BCUT2D eigenvalue weighted by molar-refractivity contribution is -0.129. The predicted molar refractivity (Wildman–Crippen MR) is 90.4 cm³/mol. The van der Waals surface area contributed by atoms with Crippen LogP contribution in [0.15, 0.2) is 30.5 Å². The number of halogens is 1. The molecule has 0 unspecified atom stereocenters. The fraction of sp³-hybridized carbons (Fsp3) is 0.353. The molecule has 0 fully saturated rings. The van der Waals surface area contributed by atoms with Gasteiger partial charge < -0.3 is 9.88 Å². The van der Waals surface area contributed by atoms with Crippen molar-refractivity contribution in [2.75, 3.05) is 19.3 Å². The SMILES string of the molecule is CS[C@@H](C)C(=O)N1CC=C(c2c[nH]c3cc(F)ccc23)CC1. The Morgan fingerprint density at radius 1 is 1.45 bits per heavy atom. The van der Waals surface area contributed by atoms with Gasteiger partial charge in [0.1, 0.15) is 5.82 Å². The highest BCUT2D eigenvalue weighted by Gasteiger charge is 2.22. The molecular weight excluding hydrogens is 299 g/mol. The van der Waals surface area contributed by atoms with E-state index in [0.29, 0.717) is 6.54 Å². The lowest BCUT2D eigenvalue weighted by atomic mass is 9.99. The van der Waals surface area contributed by atoms with Gasteiger partial charge in [-0.1, -0.05) is 6.08 Å². The van der Waals surface area contributed by atoms with Crippen LogP contribution in [0.1, 0.15) is 18.9 Å². The highest BCUT2D eigenvalue weighted by Crippen LogP contribution is 2.30. The van der Waals surface area contributed by atoms with E-state index in [0.717, 1.165) is 29.4 Å². The Bertz CT molecular complexity index is 737. The molecule has 1 aromatic heterocycles. The van der Waals surface area contributed by atoms with Crippen molar-refractivity contribution in [2.45, 2.75) is 18.6 Å². The van der Waals surface area contributed by atoms with E-state index in [4.69, 9.17) is 0 Å². The molecule has 2 aromatic rings. The fourth-order valence-electron chi connectivity index (χ4n) is 2.84. The summed E-state index contributed by atoms with van der Waals surface area (Å²) in [5.74, 6) is -0.0369. The van der Waals surface area contributed by atoms with Crippen molar-refractivity contribution in [3.63, 3.8) is 0 Å². The average Bonchev–Trinajstić information content (AvgIpc) is 2.96. The number of fused-ring (bicyclic) bond motifs is 1. The summed E-state index contributed by atoms with van der Waals surface area (Å²) in [6.45, 7) is 3.33. The van der Waals surface area contributed by atoms with E-state index < -0.39 is 0 Å². The lowest BCUT2D eigenvalue weighted by Crippen LogP contribution is -2.39. The lowest BCUT2D eigenvalue weighted by Gasteiger charge is -2.28. The number of hydrogen-bond acceptors (Lipinski definition) is 2. The minimum absolute atomic E-state index is 0.00557. The number of nitrogens with zero attached hydrogens (tertiary/aromatic N) is 1. The zero-order chi connectivity index (χ0) is 15.7. The number of aromatic amines is 1. The summed E-state index contributed by atoms with van der Waals surface area (Å²) in [5.41, 5.74) is 3.14. The molecule has 0 saturated heterocycles. The molecule has 1 aromatic carbocycles. The van der Waals surface area contributed by atoms with E-state index in [1.165, 1.54) is 17.7 Å². The van der Waals surface area contributed by atoms with Gasteiger partial charge in [0.05, 0.1) is 5.25 Å². The molecule has 3 rings (SSSR count). The monoisotopic (exact) mass is 318 g/mol. The van der Waals surface area contributed by atoms with E-state index in [1.54, 1.807) is 11.8 Å². The maximum absolute atomic E-state index is 13.3. The molecule has 1 amide bonds. The smallest absolute Gasteiger partial charge is 0.235 e. The Balaban J connectivity index is 1.82. The van der Waals surface area contributed by atoms with Crippen LogP contribution in [-0.2, 0) is 4.79 Å². The normalized spacial score (nSPS) is 16.7. The van der Waals surface area contributed by atoms with Gasteiger partial charge in [-0.15, -0.1) is 0 Å². The molecule has 3 nitrogen and oxygen atoms in total. The van der Waals surface area contributed by atoms with Gasteiger partial charge in [-0.05, 0) is 43.4 Å². The molecule has 5 heteroatoms. The van der Waals surface area contributed by atoms with Crippen molar-refractivity contribution in [3.8, 4) is 0 Å². The molecule has 1 atom stereocenters. The Hall–Kier alpha value is -1.75. The molecule has 2 heterocycles. The van der Waals surface area contributed by atoms with Gasteiger partial charge in [-0.3, -0.25) is 4.79 Å². The van der Waals surface area contributed by atoms with E-state index in [9.17, 15) is 9.18 Å². The zero-order valence-electron chi connectivity index (χ0n) is 12.7. The summed E-state index contributed by atoms with van der Waals surface area (Å²) in [6, 6.07) is 4.81. The largest absolute Gasteiger partial charge is 0.360 e. The number of nitrogens with one attached hydrogen (secondary N) is 1. The Morgan fingerprint density at radius 2 is 2.27 bits per heavy atom. The minimum Gasteiger partial charge on any atom is -0.360 e. The number of benzene rings is 1. The number of amides is 1. The van der Waals surface area contributed by atoms with Crippen LogP contribution in [0.5, 0.6) is 0 Å². The van der Waals surface area contributed by atoms with Crippen molar-refractivity contribution in [2.24, 2.45) is 0 Å². The van der Waals surface area contributed by atoms with E-state index in [1.807, 2.05) is 30.3 Å². The van der Waals surface area contributed by atoms with Crippen molar-refractivity contribution in [1.82, 2.24) is 9.88 Å².